The quantitative estimate of drug-likeness (QED) is 0.828. The first kappa shape index (κ1) is 17.8. The molecule has 2 aromatic rings. The van der Waals surface area contributed by atoms with Crippen LogP contribution in [0.5, 0.6) is 0 Å². The molecule has 3 nitrogen and oxygen atoms in total. The van der Waals surface area contributed by atoms with Crippen molar-refractivity contribution in [2.24, 2.45) is 5.92 Å². The minimum absolute atomic E-state index is 0.187. The monoisotopic (exact) mass is 337 g/mol. The largest absolute Gasteiger partial charge is 0.307 e. The van der Waals surface area contributed by atoms with Gasteiger partial charge in [0.05, 0.1) is 6.54 Å². The molecule has 0 aliphatic heterocycles. The fraction of sp³-hybridized carbons (Fsp3) is 0.455. The summed E-state index contributed by atoms with van der Waals surface area (Å²) >= 11 is 0. The lowest BCUT2D eigenvalue weighted by Crippen LogP contribution is -2.39. The van der Waals surface area contributed by atoms with Crippen molar-refractivity contribution in [1.29, 1.82) is 0 Å². The number of hydrogen-bond acceptors (Lipinski definition) is 3. The first-order valence-electron chi connectivity index (χ1n) is 9.41. The van der Waals surface area contributed by atoms with Crippen LogP contribution in [-0.4, -0.2) is 24.2 Å². The van der Waals surface area contributed by atoms with Gasteiger partial charge in [0.15, 0.2) is 5.78 Å². The average molecular weight is 337 g/mol. The van der Waals surface area contributed by atoms with Crippen LogP contribution in [0.2, 0.25) is 0 Å². The molecule has 2 atom stereocenters. The fourth-order valence-electron chi connectivity index (χ4n) is 3.85. The smallest absolute Gasteiger partial charge is 0.150 e. The molecule has 3 heteroatoms. The van der Waals surface area contributed by atoms with Crippen molar-refractivity contribution in [3.63, 3.8) is 0 Å². The van der Waals surface area contributed by atoms with Crippen LogP contribution in [0.15, 0.2) is 42.5 Å². The number of Topliss-reactive ketones (excluding diaryl/α,β-unsaturated/α-hetero) is 2. The summed E-state index contributed by atoms with van der Waals surface area (Å²) in [5.41, 5.74) is 1.06. The highest BCUT2D eigenvalue weighted by Gasteiger charge is 2.26. The van der Waals surface area contributed by atoms with Crippen molar-refractivity contribution in [2.45, 2.75) is 51.5 Å². The minimum atomic E-state index is 0.187. The lowest BCUT2D eigenvalue weighted by Gasteiger charge is -2.28. The highest BCUT2D eigenvalue weighted by Crippen LogP contribution is 2.25. The molecule has 1 aliphatic carbocycles. The number of rotatable bonds is 7. The van der Waals surface area contributed by atoms with E-state index in [2.05, 4.69) is 29.6 Å². The number of ketones is 2. The van der Waals surface area contributed by atoms with E-state index < -0.39 is 0 Å². The maximum atomic E-state index is 12.3. The summed E-state index contributed by atoms with van der Waals surface area (Å²) < 4.78 is 0. The van der Waals surface area contributed by atoms with E-state index in [1.54, 1.807) is 0 Å². The fourth-order valence-corrected chi connectivity index (χ4v) is 3.85. The zero-order valence-electron chi connectivity index (χ0n) is 15.0. The van der Waals surface area contributed by atoms with Gasteiger partial charge < -0.3 is 5.32 Å². The third kappa shape index (κ3) is 4.76. The van der Waals surface area contributed by atoms with Crippen LogP contribution in [0.3, 0.4) is 0 Å². The Bertz CT molecular complexity index is 753. The van der Waals surface area contributed by atoms with Crippen molar-refractivity contribution in [3.05, 3.63) is 48.0 Å². The number of nitrogens with one attached hydrogen (secondary N) is 1. The number of carbonyl (C=O) groups is 2. The van der Waals surface area contributed by atoms with E-state index >= 15 is 0 Å². The molecule has 1 fully saturated rings. The van der Waals surface area contributed by atoms with Gasteiger partial charge in [-0.3, -0.25) is 9.59 Å². The van der Waals surface area contributed by atoms with E-state index in [4.69, 9.17) is 0 Å². The molecule has 0 amide bonds. The molecule has 0 radical (unpaired) electrons. The lowest BCUT2D eigenvalue weighted by molar-refractivity contribution is -0.123. The van der Waals surface area contributed by atoms with E-state index in [1.165, 1.54) is 10.8 Å². The van der Waals surface area contributed by atoms with Crippen molar-refractivity contribution >= 4 is 22.3 Å². The molecule has 132 valence electrons. The summed E-state index contributed by atoms with van der Waals surface area (Å²) in [7, 11) is 0. The SMILES string of the molecule is CCC(=O)C1CCCC(NCC(=O)Cc2ccc3ccccc3c2)C1. The van der Waals surface area contributed by atoms with Gasteiger partial charge in [0, 0.05) is 24.8 Å². The van der Waals surface area contributed by atoms with Crippen LogP contribution < -0.4 is 5.32 Å². The first-order valence-corrected chi connectivity index (χ1v) is 9.41. The molecule has 2 unspecified atom stereocenters. The standard InChI is InChI=1S/C22H27NO2/c1-2-22(25)19-8-5-9-20(14-19)23-15-21(24)13-16-10-11-17-6-3-4-7-18(17)12-16/h3-4,6-7,10-12,19-20,23H,2,5,8-9,13-15H2,1H3. The van der Waals surface area contributed by atoms with Crippen LogP contribution in [0.4, 0.5) is 0 Å². The lowest BCUT2D eigenvalue weighted by atomic mass is 9.82. The Kier molecular flexibility index (Phi) is 5.98. The van der Waals surface area contributed by atoms with Crippen molar-refractivity contribution in [3.8, 4) is 0 Å². The van der Waals surface area contributed by atoms with E-state index in [-0.39, 0.29) is 11.7 Å². The van der Waals surface area contributed by atoms with Crippen LogP contribution in [0.25, 0.3) is 10.8 Å². The Hall–Kier alpha value is -2.00. The third-order valence-corrected chi connectivity index (χ3v) is 5.28. The van der Waals surface area contributed by atoms with E-state index in [1.807, 2.05) is 25.1 Å². The van der Waals surface area contributed by atoms with Crippen molar-refractivity contribution in [2.75, 3.05) is 6.54 Å². The highest BCUT2D eigenvalue weighted by atomic mass is 16.1. The molecule has 0 spiro atoms. The Labute approximate surface area is 149 Å². The van der Waals surface area contributed by atoms with Gasteiger partial charge in [-0.05, 0) is 35.6 Å². The Morgan fingerprint density at radius 1 is 1.08 bits per heavy atom. The minimum Gasteiger partial charge on any atom is -0.307 e. The van der Waals surface area contributed by atoms with Crippen LogP contribution in [0.1, 0.15) is 44.6 Å². The molecule has 1 saturated carbocycles. The van der Waals surface area contributed by atoms with E-state index in [0.29, 0.717) is 31.2 Å². The molecule has 0 saturated heterocycles. The molecule has 25 heavy (non-hydrogen) atoms. The van der Waals surface area contributed by atoms with Crippen molar-refractivity contribution in [1.82, 2.24) is 5.32 Å². The maximum Gasteiger partial charge on any atom is 0.150 e. The number of benzene rings is 2. The predicted molar refractivity (Wildman–Crippen MR) is 102 cm³/mol. The zero-order chi connectivity index (χ0) is 17.6. The second-order valence-electron chi connectivity index (χ2n) is 7.16. The summed E-state index contributed by atoms with van der Waals surface area (Å²) in [6.07, 6.45) is 5.12. The first-order chi connectivity index (χ1) is 12.2. The van der Waals surface area contributed by atoms with Gasteiger partial charge >= 0.3 is 0 Å². The number of hydrogen-bond donors (Lipinski definition) is 1. The molecule has 0 heterocycles. The summed E-state index contributed by atoms with van der Waals surface area (Å²) in [6.45, 7) is 2.33. The number of carbonyl (C=O) groups excluding carboxylic acids is 2. The number of fused-ring (bicyclic) bond motifs is 1. The third-order valence-electron chi connectivity index (χ3n) is 5.28. The summed E-state index contributed by atoms with van der Waals surface area (Å²) in [4.78, 5) is 24.2. The Balaban J connectivity index is 1.51. The summed E-state index contributed by atoms with van der Waals surface area (Å²) in [6, 6.07) is 14.7. The molecule has 0 bridgehead atoms. The zero-order valence-corrected chi connectivity index (χ0v) is 15.0. The maximum absolute atomic E-state index is 12.3. The molecular formula is C22H27NO2. The highest BCUT2D eigenvalue weighted by molar-refractivity contribution is 5.87. The van der Waals surface area contributed by atoms with Crippen LogP contribution in [0, 0.1) is 5.92 Å². The summed E-state index contributed by atoms with van der Waals surface area (Å²) in [5, 5.41) is 5.76. The Morgan fingerprint density at radius 2 is 1.88 bits per heavy atom. The normalized spacial score (nSPS) is 20.5. The van der Waals surface area contributed by atoms with Crippen LogP contribution in [-0.2, 0) is 16.0 Å². The van der Waals surface area contributed by atoms with Gasteiger partial charge in [0.1, 0.15) is 5.78 Å². The van der Waals surface area contributed by atoms with E-state index in [0.717, 1.165) is 31.2 Å². The Morgan fingerprint density at radius 3 is 2.68 bits per heavy atom. The topological polar surface area (TPSA) is 46.2 Å². The van der Waals surface area contributed by atoms with Gasteiger partial charge in [0.2, 0.25) is 0 Å². The van der Waals surface area contributed by atoms with Crippen LogP contribution >= 0.6 is 0 Å². The second-order valence-corrected chi connectivity index (χ2v) is 7.16. The molecule has 1 aliphatic rings. The van der Waals surface area contributed by atoms with Gasteiger partial charge in [0.25, 0.3) is 0 Å². The van der Waals surface area contributed by atoms with Gasteiger partial charge in [-0.1, -0.05) is 55.8 Å². The molecule has 3 rings (SSSR count). The van der Waals surface area contributed by atoms with Gasteiger partial charge in [-0.25, -0.2) is 0 Å². The summed E-state index contributed by atoms with van der Waals surface area (Å²) in [5.74, 6) is 0.764. The molecule has 1 N–H and O–H groups in total. The van der Waals surface area contributed by atoms with Crippen molar-refractivity contribution < 1.29 is 9.59 Å². The molecule has 0 aromatic heterocycles. The molecular weight excluding hydrogens is 310 g/mol. The van der Waals surface area contributed by atoms with E-state index in [9.17, 15) is 9.59 Å². The second kappa shape index (κ2) is 8.39. The molecule has 2 aromatic carbocycles. The van der Waals surface area contributed by atoms with Gasteiger partial charge in [-0.2, -0.15) is 0 Å². The van der Waals surface area contributed by atoms with Gasteiger partial charge in [-0.15, -0.1) is 0 Å². The average Bonchev–Trinajstić information content (AvgIpc) is 2.66. The predicted octanol–water partition coefficient (Wildman–Crippen LogP) is 4.08.